The zero-order valence-electron chi connectivity index (χ0n) is 10.5. The number of hydrogen-bond donors (Lipinski definition) is 0. The molecule has 0 aliphatic rings. The van der Waals surface area contributed by atoms with Gasteiger partial charge in [-0.15, -0.1) is 0 Å². The van der Waals surface area contributed by atoms with Gasteiger partial charge < -0.3 is 4.74 Å². The van der Waals surface area contributed by atoms with Gasteiger partial charge in [0, 0.05) is 10.9 Å². The van der Waals surface area contributed by atoms with Crippen molar-refractivity contribution < 1.29 is 9.13 Å². The highest BCUT2D eigenvalue weighted by molar-refractivity contribution is 6.31. The second kappa shape index (κ2) is 5.47. The van der Waals surface area contributed by atoms with Gasteiger partial charge in [0.2, 0.25) is 0 Å². The van der Waals surface area contributed by atoms with Crippen molar-refractivity contribution >= 4 is 22.5 Å². The van der Waals surface area contributed by atoms with E-state index in [0.717, 1.165) is 10.9 Å². The summed E-state index contributed by atoms with van der Waals surface area (Å²) in [6.45, 7) is 0.0749. The predicted octanol–water partition coefficient (Wildman–Crippen LogP) is 4.61. The van der Waals surface area contributed by atoms with Crippen LogP contribution in [0.25, 0.3) is 10.9 Å². The van der Waals surface area contributed by atoms with E-state index in [2.05, 4.69) is 4.98 Å². The molecular weight excluding hydrogens is 277 g/mol. The summed E-state index contributed by atoms with van der Waals surface area (Å²) in [4.78, 5) is 4.29. The summed E-state index contributed by atoms with van der Waals surface area (Å²) in [6, 6.07) is 14.2. The fraction of sp³-hybridized carbons (Fsp3) is 0.0625. The SMILES string of the molecule is Fc1cccc(Cl)c1COc1cnc2ccccc2c1. The van der Waals surface area contributed by atoms with Crippen molar-refractivity contribution in [2.24, 2.45) is 0 Å². The number of ether oxygens (including phenoxy) is 1. The molecule has 0 aliphatic carbocycles. The van der Waals surface area contributed by atoms with Gasteiger partial charge in [0.05, 0.1) is 16.7 Å². The van der Waals surface area contributed by atoms with Crippen LogP contribution in [-0.4, -0.2) is 4.98 Å². The minimum atomic E-state index is -0.369. The molecule has 0 spiro atoms. The normalized spacial score (nSPS) is 10.7. The molecule has 0 radical (unpaired) electrons. The van der Waals surface area contributed by atoms with E-state index in [4.69, 9.17) is 16.3 Å². The Labute approximate surface area is 120 Å². The quantitative estimate of drug-likeness (QED) is 0.702. The van der Waals surface area contributed by atoms with Crippen LogP contribution in [0.4, 0.5) is 4.39 Å². The second-order valence-corrected chi connectivity index (χ2v) is 4.76. The number of benzene rings is 2. The van der Waals surface area contributed by atoms with Crippen LogP contribution in [0.3, 0.4) is 0 Å². The fourth-order valence-corrected chi connectivity index (χ4v) is 2.17. The monoisotopic (exact) mass is 287 g/mol. The van der Waals surface area contributed by atoms with Crippen LogP contribution in [-0.2, 0) is 6.61 Å². The number of fused-ring (bicyclic) bond motifs is 1. The summed E-state index contributed by atoms with van der Waals surface area (Å²) in [7, 11) is 0. The summed E-state index contributed by atoms with van der Waals surface area (Å²) < 4.78 is 19.2. The fourth-order valence-electron chi connectivity index (χ4n) is 1.96. The molecular formula is C16H11ClFNO. The first kappa shape index (κ1) is 12.9. The van der Waals surface area contributed by atoms with Crippen LogP contribution in [0.5, 0.6) is 5.75 Å². The van der Waals surface area contributed by atoms with E-state index in [1.54, 1.807) is 18.3 Å². The molecule has 100 valence electrons. The van der Waals surface area contributed by atoms with Crippen LogP contribution in [0, 0.1) is 5.82 Å². The van der Waals surface area contributed by atoms with Gasteiger partial charge in [0.25, 0.3) is 0 Å². The van der Waals surface area contributed by atoms with Gasteiger partial charge in [-0.25, -0.2) is 4.39 Å². The van der Waals surface area contributed by atoms with Gasteiger partial charge in [0.15, 0.2) is 0 Å². The van der Waals surface area contributed by atoms with E-state index in [-0.39, 0.29) is 12.4 Å². The summed E-state index contributed by atoms with van der Waals surface area (Å²) in [5, 5.41) is 1.34. The van der Waals surface area contributed by atoms with Crippen LogP contribution in [0.2, 0.25) is 5.02 Å². The van der Waals surface area contributed by atoms with Crippen LogP contribution in [0.15, 0.2) is 54.7 Å². The van der Waals surface area contributed by atoms with Gasteiger partial charge in [-0.05, 0) is 24.3 Å². The smallest absolute Gasteiger partial charge is 0.138 e. The molecule has 0 amide bonds. The molecule has 20 heavy (non-hydrogen) atoms. The zero-order valence-corrected chi connectivity index (χ0v) is 11.3. The molecule has 2 nitrogen and oxygen atoms in total. The molecule has 0 bridgehead atoms. The minimum absolute atomic E-state index is 0.0749. The third-order valence-electron chi connectivity index (χ3n) is 3.01. The van der Waals surface area contributed by atoms with Crippen molar-refractivity contribution in [1.29, 1.82) is 0 Å². The second-order valence-electron chi connectivity index (χ2n) is 4.35. The Hall–Kier alpha value is -2.13. The molecule has 0 saturated carbocycles. The van der Waals surface area contributed by atoms with Gasteiger partial charge >= 0.3 is 0 Å². The summed E-state index contributed by atoms with van der Waals surface area (Å²) >= 11 is 5.96. The van der Waals surface area contributed by atoms with Crippen molar-refractivity contribution in [2.45, 2.75) is 6.61 Å². The molecule has 0 saturated heterocycles. The van der Waals surface area contributed by atoms with Gasteiger partial charge in [-0.3, -0.25) is 4.98 Å². The maximum atomic E-state index is 13.6. The number of rotatable bonds is 3. The Morgan fingerprint density at radius 3 is 2.80 bits per heavy atom. The van der Waals surface area contributed by atoms with Gasteiger partial charge in [-0.1, -0.05) is 35.9 Å². The predicted molar refractivity (Wildman–Crippen MR) is 77.5 cm³/mol. The van der Waals surface area contributed by atoms with Crippen molar-refractivity contribution in [3.63, 3.8) is 0 Å². The third-order valence-corrected chi connectivity index (χ3v) is 3.36. The lowest BCUT2D eigenvalue weighted by atomic mass is 10.2. The third kappa shape index (κ3) is 2.58. The van der Waals surface area contributed by atoms with Crippen LogP contribution >= 0.6 is 11.6 Å². The molecule has 0 aliphatic heterocycles. The first-order valence-corrected chi connectivity index (χ1v) is 6.52. The van der Waals surface area contributed by atoms with Crippen molar-refractivity contribution in [3.05, 3.63) is 71.1 Å². The average Bonchev–Trinajstić information content (AvgIpc) is 2.46. The summed E-state index contributed by atoms with van der Waals surface area (Å²) in [5.41, 5.74) is 1.24. The zero-order chi connectivity index (χ0) is 13.9. The summed E-state index contributed by atoms with van der Waals surface area (Å²) in [6.07, 6.45) is 1.62. The molecule has 0 unspecified atom stereocenters. The molecule has 3 rings (SSSR count). The van der Waals surface area contributed by atoms with Crippen LogP contribution < -0.4 is 4.74 Å². The number of para-hydroxylation sites is 1. The number of hydrogen-bond acceptors (Lipinski definition) is 2. The van der Waals surface area contributed by atoms with E-state index in [0.29, 0.717) is 16.3 Å². The molecule has 0 atom stereocenters. The molecule has 0 N–H and O–H groups in total. The van der Waals surface area contributed by atoms with Crippen molar-refractivity contribution in [1.82, 2.24) is 4.98 Å². The Kier molecular flexibility index (Phi) is 3.52. The lowest BCUT2D eigenvalue weighted by Gasteiger charge is -2.09. The first-order chi connectivity index (χ1) is 9.74. The topological polar surface area (TPSA) is 22.1 Å². The number of pyridine rings is 1. The molecule has 1 aromatic heterocycles. The number of aromatic nitrogens is 1. The Bertz CT molecular complexity index is 740. The van der Waals surface area contributed by atoms with Crippen molar-refractivity contribution in [2.75, 3.05) is 0 Å². The summed E-state index contributed by atoms with van der Waals surface area (Å²) in [5.74, 6) is 0.217. The van der Waals surface area contributed by atoms with E-state index in [9.17, 15) is 4.39 Å². The number of halogens is 2. The maximum Gasteiger partial charge on any atom is 0.138 e. The molecule has 3 aromatic rings. The minimum Gasteiger partial charge on any atom is -0.487 e. The Balaban J connectivity index is 1.83. The molecule has 0 fully saturated rings. The van der Waals surface area contributed by atoms with Crippen LogP contribution in [0.1, 0.15) is 5.56 Å². The van der Waals surface area contributed by atoms with E-state index < -0.39 is 0 Å². The van der Waals surface area contributed by atoms with E-state index in [1.165, 1.54) is 6.07 Å². The Morgan fingerprint density at radius 2 is 1.95 bits per heavy atom. The molecule has 1 heterocycles. The standard InChI is InChI=1S/C16H11ClFNO/c17-14-5-3-6-15(18)13(14)10-20-12-8-11-4-1-2-7-16(11)19-9-12/h1-9H,10H2. The molecule has 2 aromatic carbocycles. The number of nitrogens with zero attached hydrogens (tertiary/aromatic N) is 1. The highest BCUT2D eigenvalue weighted by Crippen LogP contribution is 2.23. The lowest BCUT2D eigenvalue weighted by Crippen LogP contribution is -1.99. The van der Waals surface area contributed by atoms with Gasteiger partial charge in [0.1, 0.15) is 18.2 Å². The van der Waals surface area contributed by atoms with Gasteiger partial charge in [-0.2, -0.15) is 0 Å². The first-order valence-electron chi connectivity index (χ1n) is 6.14. The maximum absolute atomic E-state index is 13.6. The lowest BCUT2D eigenvalue weighted by molar-refractivity contribution is 0.299. The average molecular weight is 288 g/mol. The van der Waals surface area contributed by atoms with E-state index in [1.807, 2.05) is 30.3 Å². The highest BCUT2D eigenvalue weighted by atomic mass is 35.5. The van der Waals surface area contributed by atoms with E-state index >= 15 is 0 Å². The largest absolute Gasteiger partial charge is 0.487 e. The Morgan fingerprint density at radius 1 is 1.10 bits per heavy atom. The molecule has 4 heteroatoms. The highest BCUT2D eigenvalue weighted by Gasteiger charge is 2.08. The van der Waals surface area contributed by atoms with Crippen molar-refractivity contribution in [3.8, 4) is 5.75 Å².